The lowest BCUT2D eigenvalue weighted by atomic mass is 9.80. The fraction of sp³-hybridized carbons (Fsp3) is 0.320. The molecule has 2 aliphatic rings. The second-order valence-electron chi connectivity index (χ2n) is 8.66. The van der Waals surface area contributed by atoms with Gasteiger partial charge in [-0.1, -0.05) is 0 Å². The van der Waals surface area contributed by atoms with Crippen LogP contribution in [0.25, 0.3) is 0 Å². The number of esters is 1. The minimum atomic E-state index is -0.736. The van der Waals surface area contributed by atoms with Crippen molar-refractivity contribution in [1.29, 1.82) is 0 Å². The summed E-state index contributed by atoms with van der Waals surface area (Å²) in [6, 6.07) is 12.3. The van der Waals surface area contributed by atoms with E-state index in [2.05, 4.69) is 10.6 Å². The zero-order chi connectivity index (χ0) is 26.0. The van der Waals surface area contributed by atoms with E-state index in [1.807, 2.05) is 0 Å². The largest absolute Gasteiger partial charge is 0.452 e. The fourth-order valence-corrected chi connectivity index (χ4v) is 4.94. The van der Waals surface area contributed by atoms with Crippen LogP contribution in [0.4, 0.5) is 17.1 Å². The molecule has 1 aliphatic carbocycles. The molecule has 2 fully saturated rings. The number of anilines is 3. The van der Waals surface area contributed by atoms with E-state index < -0.39 is 30.3 Å². The number of nitrogens with zero attached hydrogens (tertiary/aromatic N) is 1. The number of carbonyl (C=O) groups is 5. The first-order valence-electron chi connectivity index (χ1n) is 11.2. The van der Waals surface area contributed by atoms with Crippen molar-refractivity contribution in [2.45, 2.75) is 30.5 Å². The second-order valence-corrected chi connectivity index (χ2v) is 9.78. The molecule has 36 heavy (non-hydrogen) atoms. The number of hydrogen-bond donors (Lipinski definition) is 2. The molecular weight excluding hydrogens is 509 g/mol. The molecule has 1 saturated heterocycles. The Kier molecular flexibility index (Phi) is 7.61. The second kappa shape index (κ2) is 10.7. The molecule has 2 aromatic carbocycles. The average molecular weight is 532 g/mol. The normalized spacial score (nSPS) is 23.1. The number of carbonyl (C=O) groups excluding carboxylic acids is 5. The SMILES string of the molecule is CC(=O)Nc1ccc(NC(=O)COC(=O)c2ccc(N3C(=O)[C@H]4C[C@H](Cl)[C@@H](Cl)C[C@H]4C3=O)cc2)cc1. The summed E-state index contributed by atoms with van der Waals surface area (Å²) >= 11 is 12.4. The van der Waals surface area contributed by atoms with Gasteiger partial charge in [-0.05, 0) is 61.4 Å². The number of amides is 4. The van der Waals surface area contributed by atoms with Crippen molar-refractivity contribution in [3.05, 3.63) is 54.1 Å². The first-order valence-corrected chi connectivity index (χ1v) is 12.1. The van der Waals surface area contributed by atoms with Crippen LogP contribution in [0.1, 0.15) is 30.1 Å². The highest BCUT2D eigenvalue weighted by atomic mass is 35.5. The van der Waals surface area contributed by atoms with E-state index in [0.717, 1.165) is 4.90 Å². The summed E-state index contributed by atoms with van der Waals surface area (Å²) in [7, 11) is 0. The molecular formula is C25H23Cl2N3O6. The molecule has 2 N–H and O–H groups in total. The molecule has 1 aliphatic heterocycles. The van der Waals surface area contributed by atoms with Gasteiger partial charge in [-0.3, -0.25) is 24.1 Å². The fourth-order valence-electron chi connectivity index (χ4n) is 4.35. The first-order chi connectivity index (χ1) is 17.1. The van der Waals surface area contributed by atoms with Gasteiger partial charge in [-0.15, -0.1) is 23.2 Å². The van der Waals surface area contributed by atoms with Crippen molar-refractivity contribution >= 4 is 69.9 Å². The Morgan fingerprint density at radius 1 is 0.861 bits per heavy atom. The summed E-state index contributed by atoms with van der Waals surface area (Å²) in [5.41, 5.74) is 1.55. The van der Waals surface area contributed by atoms with Gasteiger partial charge >= 0.3 is 5.97 Å². The number of fused-ring (bicyclic) bond motifs is 1. The van der Waals surface area contributed by atoms with E-state index in [-0.39, 0.29) is 34.0 Å². The van der Waals surface area contributed by atoms with Crippen molar-refractivity contribution in [1.82, 2.24) is 0 Å². The number of hydrogen-bond acceptors (Lipinski definition) is 6. The maximum absolute atomic E-state index is 12.9. The molecule has 11 heteroatoms. The van der Waals surface area contributed by atoms with Gasteiger partial charge in [0.15, 0.2) is 6.61 Å². The Balaban J connectivity index is 1.32. The summed E-state index contributed by atoms with van der Waals surface area (Å²) in [4.78, 5) is 62.4. The van der Waals surface area contributed by atoms with Crippen molar-refractivity contribution in [3.8, 4) is 0 Å². The van der Waals surface area contributed by atoms with E-state index in [9.17, 15) is 24.0 Å². The van der Waals surface area contributed by atoms with Gasteiger partial charge < -0.3 is 15.4 Å². The lowest BCUT2D eigenvalue weighted by molar-refractivity contribution is -0.122. The van der Waals surface area contributed by atoms with Gasteiger partial charge in [0.2, 0.25) is 17.7 Å². The van der Waals surface area contributed by atoms with Crippen molar-refractivity contribution < 1.29 is 28.7 Å². The van der Waals surface area contributed by atoms with Crippen LogP contribution in [0, 0.1) is 11.8 Å². The summed E-state index contributed by atoms with van der Waals surface area (Å²) in [5, 5.41) is 4.45. The Labute approximate surface area is 217 Å². The summed E-state index contributed by atoms with van der Waals surface area (Å²) in [5.74, 6) is -3.14. The van der Waals surface area contributed by atoms with E-state index in [1.54, 1.807) is 24.3 Å². The molecule has 0 aromatic heterocycles. The van der Waals surface area contributed by atoms with Crippen molar-refractivity contribution in [2.75, 3.05) is 22.1 Å². The molecule has 4 amide bonds. The molecule has 0 unspecified atom stereocenters. The van der Waals surface area contributed by atoms with E-state index >= 15 is 0 Å². The van der Waals surface area contributed by atoms with Gasteiger partial charge in [0.05, 0.1) is 33.8 Å². The van der Waals surface area contributed by atoms with Gasteiger partial charge in [0, 0.05) is 18.3 Å². The highest BCUT2D eigenvalue weighted by Gasteiger charge is 2.52. The molecule has 9 nitrogen and oxygen atoms in total. The van der Waals surface area contributed by atoms with Gasteiger partial charge in [-0.2, -0.15) is 0 Å². The summed E-state index contributed by atoms with van der Waals surface area (Å²) < 4.78 is 5.06. The molecule has 0 radical (unpaired) electrons. The predicted molar refractivity (Wildman–Crippen MR) is 134 cm³/mol. The number of rotatable bonds is 6. The lowest BCUT2D eigenvalue weighted by Gasteiger charge is -2.28. The van der Waals surface area contributed by atoms with E-state index in [1.165, 1.54) is 31.2 Å². The standard InChI is InChI=1S/C25H23Cl2N3O6/c1-13(31)28-15-4-6-16(7-5-15)29-22(32)12-36-25(35)14-2-8-17(9-3-14)30-23(33)18-10-20(26)21(27)11-19(18)24(30)34/h2-9,18-21H,10-12H2,1H3,(H,28,31)(H,29,32)/t18-,19+,20-,21-/m0/s1. The van der Waals surface area contributed by atoms with Crippen LogP contribution in [0.5, 0.6) is 0 Å². The molecule has 1 heterocycles. The Morgan fingerprint density at radius 2 is 1.36 bits per heavy atom. The summed E-state index contributed by atoms with van der Waals surface area (Å²) in [6.07, 6.45) is 0.681. The number of nitrogens with one attached hydrogen (secondary N) is 2. The number of halogens is 2. The van der Waals surface area contributed by atoms with Gasteiger partial charge in [0.25, 0.3) is 5.91 Å². The van der Waals surface area contributed by atoms with E-state index in [4.69, 9.17) is 27.9 Å². The van der Waals surface area contributed by atoms with Crippen LogP contribution in [0.3, 0.4) is 0 Å². The minimum absolute atomic E-state index is 0.157. The molecule has 188 valence electrons. The molecule has 0 bridgehead atoms. The average Bonchev–Trinajstić information content (AvgIpc) is 3.08. The minimum Gasteiger partial charge on any atom is -0.452 e. The molecule has 4 atom stereocenters. The smallest absolute Gasteiger partial charge is 0.338 e. The molecule has 0 spiro atoms. The van der Waals surface area contributed by atoms with Crippen LogP contribution in [0.2, 0.25) is 0 Å². The van der Waals surface area contributed by atoms with Crippen molar-refractivity contribution in [3.63, 3.8) is 0 Å². The maximum Gasteiger partial charge on any atom is 0.338 e. The van der Waals surface area contributed by atoms with Gasteiger partial charge in [0.1, 0.15) is 0 Å². The highest BCUT2D eigenvalue weighted by Crippen LogP contribution is 2.43. The van der Waals surface area contributed by atoms with Crippen LogP contribution in [-0.2, 0) is 23.9 Å². The number of imide groups is 1. The Hall–Kier alpha value is -3.43. The first kappa shape index (κ1) is 25.7. The third-order valence-corrected chi connectivity index (χ3v) is 7.19. The third-order valence-electron chi connectivity index (χ3n) is 6.10. The van der Waals surface area contributed by atoms with E-state index in [0.29, 0.717) is 29.9 Å². The predicted octanol–water partition coefficient (Wildman–Crippen LogP) is 3.55. The monoisotopic (exact) mass is 531 g/mol. The lowest BCUT2D eigenvalue weighted by Crippen LogP contribution is -2.34. The molecule has 4 rings (SSSR count). The summed E-state index contributed by atoms with van der Waals surface area (Å²) in [6.45, 7) is 0.875. The zero-order valence-electron chi connectivity index (χ0n) is 19.2. The molecule has 1 saturated carbocycles. The number of alkyl halides is 2. The van der Waals surface area contributed by atoms with Crippen LogP contribution in [0.15, 0.2) is 48.5 Å². The zero-order valence-corrected chi connectivity index (χ0v) is 20.7. The number of ether oxygens (including phenoxy) is 1. The van der Waals surface area contributed by atoms with Crippen molar-refractivity contribution in [2.24, 2.45) is 11.8 Å². The Morgan fingerprint density at radius 3 is 1.86 bits per heavy atom. The molecule has 2 aromatic rings. The topological polar surface area (TPSA) is 122 Å². The number of benzene rings is 2. The maximum atomic E-state index is 12.9. The van der Waals surface area contributed by atoms with Crippen LogP contribution >= 0.6 is 23.2 Å². The van der Waals surface area contributed by atoms with Crippen LogP contribution < -0.4 is 15.5 Å². The highest BCUT2D eigenvalue weighted by molar-refractivity contribution is 6.31. The Bertz CT molecular complexity index is 1170. The van der Waals surface area contributed by atoms with Crippen LogP contribution in [-0.4, -0.2) is 47.0 Å². The third kappa shape index (κ3) is 5.52. The van der Waals surface area contributed by atoms with Gasteiger partial charge in [-0.25, -0.2) is 4.79 Å². The quantitative estimate of drug-likeness (QED) is 0.334.